The van der Waals surface area contributed by atoms with Gasteiger partial charge in [-0.3, -0.25) is 4.79 Å². The molecule has 1 aliphatic heterocycles. The van der Waals surface area contributed by atoms with Gasteiger partial charge >= 0.3 is 0 Å². The van der Waals surface area contributed by atoms with E-state index in [1.807, 2.05) is 26.0 Å². The van der Waals surface area contributed by atoms with Crippen molar-refractivity contribution in [3.63, 3.8) is 0 Å². The normalized spacial score (nSPS) is 21.5. The van der Waals surface area contributed by atoms with Crippen LogP contribution >= 0.6 is 0 Å². The van der Waals surface area contributed by atoms with E-state index in [2.05, 4.69) is 31.3 Å². The van der Waals surface area contributed by atoms with E-state index >= 15 is 0 Å². The molecule has 2 aliphatic rings. The van der Waals surface area contributed by atoms with Crippen molar-refractivity contribution in [3.05, 3.63) is 35.6 Å². The molecule has 2 heteroatoms. The van der Waals surface area contributed by atoms with Crippen molar-refractivity contribution >= 4 is 5.91 Å². The van der Waals surface area contributed by atoms with Gasteiger partial charge in [-0.1, -0.05) is 45.9 Å². The van der Waals surface area contributed by atoms with Gasteiger partial charge in [0.1, 0.15) is 0 Å². The molecule has 0 aromatic heterocycles. The maximum Gasteiger partial charge on any atom is 0.228 e. The van der Waals surface area contributed by atoms with Crippen LogP contribution in [0.5, 0.6) is 0 Å². The van der Waals surface area contributed by atoms with Crippen LogP contribution in [0.2, 0.25) is 0 Å². The van der Waals surface area contributed by atoms with Gasteiger partial charge < -0.3 is 5.32 Å². The number of allylic oxidation sites excluding steroid dienone is 4. The van der Waals surface area contributed by atoms with Gasteiger partial charge in [0.2, 0.25) is 5.91 Å². The summed E-state index contributed by atoms with van der Waals surface area (Å²) in [6.45, 7) is 8.29. The van der Waals surface area contributed by atoms with E-state index in [1.54, 1.807) is 0 Å². The number of nitrogens with one attached hydrogen (secondary N) is 1. The van der Waals surface area contributed by atoms with E-state index < -0.39 is 0 Å². The zero-order valence-corrected chi connectivity index (χ0v) is 9.92. The number of hydrogen-bond acceptors (Lipinski definition) is 1. The summed E-state index contributed by atoms with van der Waals surface area (Å²) in [4.78, 5) is 11.1. The fraction of sp³-hybridized carbons (Fsp3) is 0.462. The molecule has 0 saturated carbocycles. The average molecular weight is 205 g/mol. The lowest BCUT2D eigenvalue weighted by Gasteiger charge is -2.12. The molecule has 82 valence electrons. The first-order valence-electron chi connectivity index (χ1n) is 5.48. The van der Waals surface area contributed by atoms with Crippen molar-refractivity contribution in [2.75, 3.05) is 0 Å². The number of hydrogen-bond donors (Lipinski definition) is 1. The minimum atomic E-state index is 0.0923. The predicted octanol–water partition coefficient (Wildman–Crippen LogP) is 2.94. The maximum atomic E-state index is 11.1. The maximum absolute atomic E-state index is 11.1. The summed E-state index contributed by atoms with van der Waals surface area (Å²) >= 11 is 0. The van der Waals surface area contributed by atoms with Gasteiger partial charge in [-0.25, -0.2) is 0 Å². The van der Waals surface area contributed by atoms with Crippen molar-refractivity contribution in [1.29, 1.82) is 0 Å². The van der Waals surface area contributed by atoms with Gasteiger partial charge in [0.05, 0.1) is 6.42 Å². The standard InChI is InChI=1S/C11H13NO.C2H6/c1-11(2)5-3-8-7-10(13)12-9(8)4-6-11;1-2/h3-6H,7H2,1-2H3,(H,12,13);1-2H3. The molecule has 0 bridgehead atoms. The summed E-state index contributed by atoms with van der Waals surface area (Å²) in [5, 5.41) is 2.84. The highest BCUT2D eigenvalue weighted by Gasteiger charge is 2.21. The van der Waals surface area contributed by atoms with Crippen LogP contribution in [0.25, 0.3) is 0 Å². The van der Waals surface area contributed by atoms with Crippen LogP contribution in [0.1, 0.15) is 34.1 Å². The number of rotatable bonds is 0. The lowest BCUT2D eigenvalue weighted by molar-refractivity contribution is -0.118. The van der Waals surface area contributed by atoms with Crippen molar-refractivity contribution in [1.82, 2.24) is 5.32 Å². The molecule has 1 heterocycles. The summed E-state index contributed by atoms with van der Waals surface area (Å²) in [6.07, 6.45) is 8.81. The van der Waals surface area contributed by atoms with E-state index in [1.165, 1.54) is 0 Å². The number of amides is 1. The van der Waals surface area contributed by atoms with Crippen LogP contribution in [0.4, 0.5) is 0 Å². The molecule has 2 rings (SSSR count). The summed E-state index contributed by atoms with van der Waals surface area (Å²) in [5.74, 6) is 0.0963. The molecule has 0 atom stereocenters. The number of carbonyl (C=O) groups excluding carboxylic acids is 1. The minimum absolute atomic E-state index is 0.0923. The SMILES string of the molecule is CC.CC1(C)C=CC2=C(C=C1)NC(=O)C2. The van der Waals surface area contributed by atoms with Gasteiger partial charge in [-0.05, 0) is 11.6 Å². The first-order chi connectivity index (χ1) is 7.07. The average Bonchev–Trinajstić information content (AvgIpc) is 2.50. The Balaban J connectivity index is 0.000000531. The van der Waals surface area contributed by atoms with Gasteiger partial charge in [0.15, 0.2) is 0 Å². The van der Waals surface area contributed by atoms with Crippen LogP contribution in [-0.4, -0.2) is 5.91 Å². The van der Waals surface area contributed by atoms with Crippen molar-refractivity contribution in [3.8, 4) is 0 Å². The highest BCUT2D eigenvalue weighted by atomic mass is 16.1. The Labute approximate surface area is 91.8 Å². The third-order valence-corrected chi connectivity index (χ3v) is 2.36. The minimum Gasteiger partial charge on any atom is -0.326 e. The van der Waals surface area contributed by atoms with Gasteiger partial charge in [-0.15, -0.1) is 0 Å². The highest BCUT2D eigenvalue weighted by molar-refractivity contribution is 5.86. The molecule has 15 heavy (non-hydrogen) atoms. The van der Waals surface area contributed by atoms with Gasteiger partial charge in [0.25, 0.3) is 0 Å². The van der Waals surface area contributed by atoms with E-state index in [0.717, 1.165) is 11.3 Å². The molecule has 0 spiro atoms. The monoisotopic (exact) mass is 205 g/mol. The van der Waals surface area contributed by atoms with Crippen LogP contribution in [0.15, 0.2) is 35.6 Å². The second-order valence-electron chi connectivity index (χ2n) is 4.15. The third-order valence-electron chi connectivity index (χ3n) is 2.36. The molecule has 0 unspecified atom stereocenters. The Morgan fingerprint density at radius 3 is 2.47 bits per heavy atom. The summed E-state index contributed by atoms with van der Waals surface area (Å²) in [6, 6.07) is 0. The van der Waals surface area contributed by atoms with E-state index in [4.69, 9.17) is 0 Å². The Kier molecular flexibility index (Phi) is 3.51. The van der Waals surface area contributed by atoms with Crippen LogP contribution in [0, 0.1) is 5.41 Å². The molecule has 0 radical (unpaired) electrons. The van der Waals surface area contributed by atoms with Crippen LogP contribution in [0.3, 0.4) is 0 Å². The Hall–Kier alpha value is -1.31. The smallest absolute Gasteiger partial charge is 0.228 e. The Bertz CT molecular complexity index is 316. The zero-order chi connectivity index (χ0) is 11.5. The summed E-state index contributed by atoms with van der Waals surface area (Å²) in [5.41, 5.74) is 2.16. The molecule has 1 aliphatic carbocycles. The van der Waals surface area contributed by atoms with Crippen LogP contribution in [-0.2, 0) is 4.79 Å². The topological polar surface area (TPSA) is 29.1 Å². The van der Waals surface area contributed by atoms with Crippen molar-refractivity contribution in [2.24, 2.45) is 5.41 Å². The highest BCUT2D eigenvalue weighted by Crippen LogP contribution is 2.27. The first kappa shape index (κ1) is 11.8. The zero-order valence-electron chi connectivity index (χ0n) is 9.92. The Morgan fingerprint density at radius 1 is 1.20 bits per heavy atom. The van der Waals surface area contributed by atoms with Gasteiger partial charge in [0, 0.05) is 11.1 Å². The molecule has 1 amide bonds. The Morgan fingerprint density at radius 2 is 1.80 bits per heavy atom. The summed E-state index contributed by atoms with van der Waals surface area (Å²) < 4.78 is 0. The van der Waals surface area contributed by atoms with Crippen LogP contribution < -0.4 is 5.32 Å². The molecule has 2 nitrogen and oxygen atoms in total. The molecular weight excluding hydrogens is 186 g/mol. The van der Waals surface area contributed by atoms with Crippen molar-refractivity contribution < 1.29 is 4.79 Å². The lowest BCUT2D eigenvalue weighted by Crippen LogP contribution is -2.14. The second-order valence-corrected chi connectivity index (χ2v) is 4.15. The molecule has 0 aromatic rings. The second kappa shape index (κ2) is 4.47. The predicted molar refractivity (Wildman–Crippen MR) is 63.2 cm³/mol. The fourth-order valence-electron chi connectivity index (χ4n) is 1.51. The molecule has 0 saturated heterocycles. The first-order valence-corrected chi connectivity index (χ1v) is 5.48. The van der Waals surface area contributed by atoms with Gasteiger partial charge in [-0.2, -0.15) is 0 Å². The fourth-order valence-corrected chi connectivity index (χ4v) is 1.51. The van der Waals surface area contributed by atoms with E-state index in [-0.39, 0.29) is 11.3 Å². The molecule has 0 fully saturated rings. The molecule has 0 aromatic carbocycles. The van der Waals surface area contributed by atoms with E-state index in [9.17, 15) is 4.79 Å². The molecule has 1 N–H and O–H groups in total. The lowest BCUT2D eigenvalue weighted by atomic mass is 9.93. The summed E-state index contributed by atoms with van der Waals surface area (Å²) in [7, 11) is 0. The largest absolute Gasteiger partial charge is 0.326 e. The van der Waals surface area contributed by atoms with E-state index in [0.29, 0.717) is 6.42 Å². The number of carbonyl (C=O) groups is 1. The molecular formula is C13H19NO. The quantitative estimate of drug-likeness (QED) is 0.647. The third kappa shape index (κ3) is 2.82. The van der Waals surface area contributed by atoms with Crippen molar-refractivity contribution in [2.45, 2.75) is 34.1 Å².